The minimum atomic E-state index is -3.53. The van der Waals surface area contributed by atoms with Gasteiger partial charge in [-0.15, -0.1) is 15.9 Å². The van der Waals surface area contributed by atoms with E-state index in [1.54, 1.807) is 31.1 Å². The van der Waals surface area contributed by atoms with E-state index in [1.807, 2.05) is 12.1 Å². The first-order valence-electron chi connectivity index (χ1n) is 9.54. The maximum absolute atomic E-state index is 13.0. The summed E-state index contributed by atoms with van der Waals surface area (Å²) in [5.41, 5.74) is 7.37. The van der Waals surface area contributed by atoms with E-state index in [-0.39, 0.29) is 37.2 Å². The molecule has 174 valence electrons. The van der Waals surface area contributed by atoms with Crippen LogP contribution in [0, 0.1) is 0 Å². The zero-order valence-corrected chi connectivity index (χ0v) is 19.9. The third-order valence-electron chi connectivity index (χ3n) is 4.89. The predicted molar refractivity (Wildman–Crippen MR) is 133 cm³/mol. The third kappa shape index (κ3) is 4.51. The van der Waals surface area contributed by atoms with E-state index in [1.165, 1.54) is 16.8 Å². The summed E-state index contributed by atoms with van der Waals surface area (Å²) in [6.45, 7) is 0. The van der Waals surface area contributed by atoms with Gasteiger partial charge in [0, 0.05) is 26.2 Å². The quantitative estimate of drug-likeness (QED) is 0.255. The number of nitrogens with two attached hydrogens (primary N) is 2. The number of aromatic nitrogens is 4. The van der Waals surface area contributed by atoms with Crippen molar-refractivity contribution in [3.63, 3.8) is 0 Å². The summed E-state index contributed by atoms with van der Waals surface area (Å²) in [7, 11) is -0.0552. The van der Waals surface area contributed by atoms with Gasteiger partial charge in [0.15, 0.2) is 11.5 Å². The topological polar surface area (TPSA) is 159 Å². The molecule has 0 radical (unpaired) electrons. The molecule has 2 heterocycles. The highest BCUT2D eigenvalue weighted by Gasteiger charge is 2.24. The summed E-state index contributed by atoms with van der Waals surface area (Å²) >= 11 is 12.9. The maximum Gasteiger partial charge on any atom is 0.264 e. The third-order valence-corrected chi connectivity index (χ3v) is 6.40. The number of hydrogen-bond acceptors (Lipinski definition) is 8. The van der Waals surface area contributed by atoms with E-state index in [9.17, 15) is 13.9 Å². The Hall–Kier alpha value is -2.80. The lowest BCUT2D eigenvalue weighted by Crippen LogP contribution is -2.16. The van der Waals surface area contributed by atoms with Crippen LogP contribution in [0.5, 0.6) is 0 Å². The zero-order chi connectivity index (χ0) is 24.1. The SMILES string of the molecule is CN(C)c1nn(-c2c(Cl)cc(S(N)(O)O)cc2Cl)c2nc(Cc3ccc(N)cc3)[nH]c(=O)c12. The first-order chi connectivity index (χ1) is 15.5. The van der Waals surface area contributed by atoms with Crippen LogP contribution in [-0.4, -0.2) is 42.9 Å². The molecule has 7 N–H and O–H groups in total. The number of benzene rings is 2. The first-order valence-corrected chi connectivity index (χ1v) is 11.9. The van der Waals surface area contributed by atoms with Crippen molar-refractivity contribution in [1.82, 2.24) is 19.7 Å². The molecule has 0 aliphatic heterocycles. The number of nitrogens with zero attached hydrogens (tertiary/aromatic N) is 4. The Balaban J connectivity index is 1.94. The van der Waals surface area contributed by atoms with Crippen LogP contribution in [-0.2, 0) is 6.42 Å². The van der Waals surface area contributed by atoms with Gasteiger partial charge in [-0.25, -0.2) is 14.8 Å². The van der Waals surface area contributed by atoms with Crippen molar-refractivity contribution in [2.24, 2.45) is 5.14 Å². The molecule has 0 spiro atoms. The fourth-order valence-corrected chi connectivity index (χ4v) is 4.71. The number of nitrogens with one attached hydrogen (secondary N) is 1. The summed E-state index contributed by atoms with van der Waals surface area (Å²) in [4.78, 5) is 22.1. The number of H-pyrrole nitrogens is 1. The molecule has 13 heteroatoms. The Labute approximate surface area is 200 Å². The molecule has 0 bridgehead atoms. The molecule has 0 amide bonds. The van der Waals surface area contributed by atoms with Gasteiger partial charge < -0.3 is 15.6 Å². The van der Waals surface area contributed by atoms with Gasteiger partial charge in [-0.1, -0.05) is 35.3 Å². The van der Waals surface area contributed by atoms with Crippen LogP contribution >= 0.6 is 34.0 Å². The van der Waals surface area contributed by atoms with Crippen LogP contribution in [0.1, 0.15) is 11.4 Å². The fraction of sp³-hybridized carbons (Fsp3) is 0.150. The Bertz CT molecular complexity index is 1390. The highest BCUT2D eigenvalue weighted by Crippen LogP contribution is 2.44. The van der Waals surface area contributed by atoms with Crippen LogP contribution in [0.2, 0.25) is 10.0 Å². The Morgan fingerprint density at radius 1 is 1.15 bits per heavy atom. The lowest BCUT2D eigenvalue weighted by Gasteiger charge is -2.27. The minimum absolute atomic E-state index is 0.0274. The number of aromatic amines is 1. The molecule has 4 aromatic rings. The van der Waals surface area contributed by atoms with Crippen LogP contribution < -0.4 is 21.3 Å². The summed E-state index contributed by atoms with van der Waals surface area (Å²) in [6, 6.07) is 9.82. The fourth-order valence-electron chi connectivity index (χ4n) is 3.35. The van der Waals surface area contributed by atoms with Gasteiger partial charge in [0.05, 0.1) is 14.9 Å². The largest absolute Gasteiger partial charge is 0.399 e. The normalized spacial score (nSPS) is 12.3. The van der Waals surface area contributed by atoms with E-state index in [0.717, 1.165) is 5.56 Å². The average molecular weight is 510 g/mol. The minimum Gasteiger partial charge on any atom is -0.399 e. The van der Waals surface area contributed by atoms with Crippen LogP contribution in [0.15, 0.2) is 46.1 Å². The highest BCUT2D eigenvalue weighted by atomic mass is 35.5. The van der Waals surface area contributed by atoms with Crippen molar-refractivity contribution in [2.75, 3.05) is 24.7 Å². The van der Waals surface area contributed by atoms with Gasteiger partial charge in [0.2, 0.25) is 0 Å². The molecule has 4 rings (SSSR count). The molecular formula is C20H21Cl2N7O3S. The number of halogens is 2. The summed E-state index contributed by atoms with van der Waals surface area (Å²) in [5, 5.41) is 10.3. The number of anilines is 2. The molecule has 0 aliphatic carbocycles. The average Bonchev–Trinajstić information content (AvgIpc) is 3.09. The van der Waals surface area contributed by atoms with Crippen molar-refractivity contribution in [2.45, 2.75) is 11.3 Å². The lowest BCUT2D eigenvalue weighted by molar-refractivity contribution is 0.489. The van der Waals surface area contributed by atoms with E-state index in [0.29, 0.717) is 23.8 Å². The number of nitrogen functional groups attached to an aromatic ring is 1. The van der Waals surface area contributed by atoms with E-state index in [2.05, 4.69) is 15.1 Å². The Morgan fingerprint density at radius 2 is 1.76 bits per heavy atom. The standard InChI is InChI=1S/C20H21Cl2N7O3S/c1-28(2)19-16-18(25-15(26-20(16)30)7-10-3-5-11(23)6-4-10)29(27-19)17-13(21)8-12(9-14(17)22)33(24,31)32/h3-6,8-9,31-32H,7,23-24H2,1-2H3,(H,25,26,30). The van der Waals surface area contributed by atoms with E-state index in [4.69, 9.17) is 34.1 Å². The molecule has 0 saturated carbocycles. The maximum atomic E-state index is 13.0. The summed E-state index contributed by atoms with van der Waals surface area (Å²) in [5.74, 6) is 0.765. The molecule has 33 heavy (non-hydrogen) atoms. The molecule has 0 aliphatic rings. The van der Waals surface area contributed by atoms with Crippen LogP contribution in [0.25, 0.3) is 16.7 Å². The smallest absolute Gasteiger partial charge is 0.264 e. The van der Waals surface area contributed by atoms with Gasteiger partial charge >= 0.3 is 0 Å². The van der Waals surface area contributed by atoms with E-state index >= 15 is 0 Å². The second-order valence-electron chi connectivity index (χ2n) is 7.59. The van der Waals surface area contributed by atoms with Crippen molar-refractivity contribution < 1.29 is 9.11 Å². The van der Waals surface area contributed by atoms with Crippen LogP contribution in [0.3, 0.4) is 0 Å². The first kappa shape index (κ1) is 23.4. The molecule has 0 fully saturated rings. The van der Waals surface area contributed by atoms with Crippen LogP contribution in [0.4, 0.5) is 11.5 Å². The van der Waals surface area contributed by atoms with Crippen molar-refractivity contribution in [3.8, 4) is 5.69 Å². The molecule has 10 nitrogen and oxygen atoms in total. The number of hydrogen-bond donors (Lipinski definition) is 5. The van der Waals surface area contributed by atoms with Crippen molar-refractivity contribution in [3.05, 3.63) is 68.2 Å². The predicted octanol–water partition coefficient (Wildman–Crippen LogP) is 3.64. The zero-order valence-electron chi connectivity index (χ0n) is 17.6. The molecule has 0 atom stereocenters. The Morgan fingerprint density at radius 3 is 2.30 bits per heavy atom. The van der Waals surface area contributed by atoms with Crippen molar-refractivity contribution in [1.29, 1.82) is 0 Å². The number of rotatable bonds is 5. The van der Waals surface area contributed by atoms with Gasteiger partial charge in [0.25, 0.3) is 5.56 Å². The van der Waals surface area contributed by atoms with Crippen molar-refractivity contribution >= 4 is 56.5 Å². The Kier molecular flexibility index (Phi) is 6.03. The van der Waals surface area contributed by atoms with Gasteiger partial charge in [-0.2, -0.15) is 0 Å². The summed E-state index contributed by atoms with van der Waals surface area (Å²) < 4.78 is 20.9. The lowest BCUT2D eigenvalue weighted by atomic mass is 10.1. The highest BCUT2D eigenvalue weighted by molar-refractivity contribution is 8.22. The second kappa shape index (κ2) is 8.52. The molecule has 0 unspecified atom stereocenters. The summed E-state index contributed by atoms with van der Waals surface area (Å²) in [6.07, 6.45) is 0.350. The van der Waals surface area contributed by atoms with Gasteiger partial charge in [-0.05, 0) is 29.8 Å². The van der Waals surface area contributed by atoms with Gasteiger partial charge in [-0.3, -0.25) is 13.9 Å². The molecule has 2 aromatic heterocycles. The number of fused-ring (bicyclic) bond motifs is 1. The monoisotopic (exact) mass is 509 g/mol. The van der Waals surface area contributed by atoms with E-state index < -0.39 is 10.8 Å². The van der Waals surface area contributed by atoms with Gasteiger partial charge in [0.1, 0.15) is 16.9 Å². The molecule has 2 aromatic carbocycles. The molecular weight excluding hydrogens is 489 g/mol. The second-order valence-corrected chi connectivity index (χ2v) is 10.1. The molecule has 0 saturated heterocycles.